The Morgan fingerprint density at radius 2 is 1.48 bits per heavy atom. The Morgan fingerprint density at radius 3 is 2.05 bits per heavy atom. The topological polar surface area (TPSA) is 20.2 Å². The molecule has 0 aliphatic carbocycles. The number of halogens is 6. The van der Waals surface area contributed by atoms with Crippen LogP contribution in [0.2, 0.25) is 10.0 Å². The maximum absolute atomic E-state index is 13.2. The van der Waals surface area contributed by atoms with E-state index in [1.807, 2.05) is 0 Å². The molecule has 0 heterocycles. The molecule has 0 spiro atoms. The summed E-state index contributed by atoms with van der Waals surface area (Å²) in [5.74, 6) is -1.40. The smallest absolute Gasteiger partial charge is 0.384 e. The van der Waals surface area contributed by atoms with Crippen LogP contribution in [-0.2, 0) is 6.18 Å². The normalized spacial score (nSPS) is 13.3. The minimum absolute atomic E-state index is 0.0953. The molecular formula is C14H8Cl2F4O. The van der Waals surface area contributed by atoms with Crippen LogP contribution in [0.4, 0.5) is 17.6 Å². The van der Waals surface area contributed by atoms with Crippen molar-refractivity contribution in [2.75, 3.05) is 0 Å². The number of aliphatic hydroxyl groups excluding tert-OH is 1. The van der Waals surface area contributed by atoms with E-state index in [4.69, 9.17) is 23.2 Å². The summed E-state index contributed by atoms with van der Waals surface area (Å²) in [6.45, 7) is 0. The average Bonchev–Trinajstić information content (AvgIpc) is 2.40. The van der Waals surface area contributed by atoms with Gasteiger partial charge in [0.05, 0.1) is 15.6 Å². The van der Waals surface area contributed by atoms with Crippen LogP contribution in [0, 0.1) is 5.82 Å². The van der Waals surface area contributed by atoms with E-state index in [1.165, 1.54) is 18.2 Å². The zero-order chi connectivity index (χ0) is 15.8. The molecule has 7 heteroatoms. The first-order valence-corrected chi connectivity index (χ1v) is 6.45. The standard InChI is InChI=1S/C14H8Cl2F4O/c15-10-3-1-8(6-11(10)16)13(21)7-2-4-12(17)9(5-7)14(18,19)20/h1-6,13,21H. The van der Waals surface area contributed by atoms with Gasteiger partial charge in [-0.15, -0.1) is 0 Å². The average molecular weight is 339 g/mol. The van der Waals surface area contributed by atoms with Crippen molar-refractivity contribution in [3.63, 3.8) is 0 Å². The zero-order valence-electron chi connectivity index (χ0n) is 10.3. The summed E-state index contributed by atoms with van der Waals surface area (Å²) in [6.07, 6.45) is -6.21. The highest BCUT2D eigenvalue weighted by atomic mass is 35.5. The molecule has 2 rings (SSSR count). The monoisotopic (exact) mass is 338 g/mol. The zero-order valence-corrected chi connectivity index (χ0v) is 11.8. The van der Waals surface area contributed by atoms with Crippen LogP contribution in [0.5, 0.6) is 0 Å². The summed E-state index contributed by atoms with van der Waals surface area (Å²) in [4.78, 5) is 0. The van der Waals surface area contributed by atoms with Crippen LogP contribution < -0.4 is 0 Å². The number of alkyl halides is 3. The number of hydrogen-bond donors (Lipinski definition) is 1. The second-order valence-corrected chi connectivity index (χ2v) is 5.13. The summed E-state index contributed by atoms with van der Waals surface area (Å²) in [6, 6.07) is 6.50. The molecule has 21 heavy (non-hydrogen) atoms. The van der Waals surface area contributed by atoms with E-state index >= 15 is 0 Å². The summed E-state index contributed by atoms with van der Waals surface area (Å²) < 4.78 is 51.2. The van der Waals surface area contributed by atoms with E-state index in [-0.39, 0.29) is 21.2 Å². The minimum Gasteiger partial charge on any atom is -0.384 e. The van der Waals surface area contributed by atoms with Crippen molar-refractivity contribution in [3.05, 3.63) is 69.0 Å². The SMILES string of the molecule is OC(c1ccc(Cl)c(Cl)c1)c1ccc(F)c(C(F)(F)F)c1. The van der Waals surface area contributed by atoms with E-state index < -0.39 is 23.7 Å². The fraction of sp³-hybridized carbons (Fsp3) is 0.143. The third-order valence-electron chi connectivity index (χ3n) is 2.87. The predicted molar refractivity (Wildman–Crippen MR) is 71.9 cm³/mol. The van der Waals surface area contributed by atoms with Crippen LogP contribution in [-0.4, -0.2) is 5.11 Å². The Kier molecular flexibility index (Phi) is 4.46. The molecule has 2 aromatic carbocycles. The molecule has 0 saturated heterocycles. The third-order valence-corrected chi connectivity index (χ3v) is 3.61. The maximum Gasteiger partial charge on any atom is 0.419 e. The van der Waals surface area contributed by atoms with E-state index in [2.05, 4.69) is 0 Å². The molecule has 2 aromatic rings. The Bertz CT molecular complexity index is 671. The maximum atomic E-state index is 13.2. The van der Waals surface area contributed by atoms with Crippen LogP contribution >= 0.6 is 23.2 Å². The molecule has 1 N–H and O–H groups in total. The highest BCUT2D eigenvalue weighted by molar-refractivity contribution is 6.42. The molecule has 0 aliphatic rings. The quantitative estimate of drug-likeness (QED) is 0.743. The molecule has 0 bridgehead atoms. The Morgan fingerprint density at radius 1 is 0.905 bits per heavy atom. The van der Waals surface area contributed by atoms with Gasteiger partial charge in [0.1, 0.15) is 11.9 Å². The van der Waals surface area contributed by atoms with Gasteiger partial charge in [0.15, 0.2) is 0 Å². The van der Waals surface area contributed by atoms with Crippen molar-refractivity contribution in [3.8, 4) is 0 Å². The Hall–Kier alpha value is -1.30. The van der Waals surface area contributed by atoms with Gasteiger partial charge < -0.3 is 5.11 Å². The molecule has 0 fully saturated rings. The second kappa shape index (κ2) is 5.83. The van der Waals surface area contributed by atoms with E-state index in [0.717, 1.165) is 6.07 Å². The van der Waals surface area contributed by atoms with E-state index in [9.17, 15) is 22.7 Å². The highest BCUT2D eigenvalue weighted by Crippen LogP contribution is 2.35. The van der Waals surface area contributed by atoms with Gasteiger partial charge in [-0.2, -0.15) is 13.2 Å². The predicted octanol–water partition coefficient (Wildman–Crippen LogP) is 5.23. The molecule has 1 unspecified atom stereocenters. The minimum atomic E-state index is -4.84. The van der Waals surface area contributed by atoms with Gasteiger partial charge in [0.2, 0.25) is 0 Å². The van der Waals surface area contributed by atoms with Crippen molar-refractivity contribution in [1.29, 1.82) is 0 Å². The van der Waals surface area contributed by atoms with Crippen LogP contribution in [0.3, 0.4) is 0 Å². The second-order valence-electron chi connectivity index (χ2n) is 4.31. The lowest BCUT2D eigenvalue weighted by atomic mass is 9.99. The number of aliphatic hydroxyl groups is 1. The molecule has 1 atom stereocenters. The fourth-order valence-corrected chi connectivity index (χ4v) is 2.11. The molecule has 0 amide bonds. The molecule has 112 valence electrons. The largest absolute Gasteiger partial charge is 0.419 e. The summed E-state index contributed by atoms with van der Waals surface area (Å²) in [5, 5.41) is 10.5. The fourth-order valence-electron chi connectivity index (χ4n) is 1.81. The summed E-state index contributed by atoms with van der Waals surface area (Å²) in [7, 11) is 0. The first kappa shape index (κ1) is 16.1. The first-order valence-electron chi connectivity index (χ1n) is 5.70. The molecule has 0 aliphatic heterocycles. The molecule has 1 nitrogen and oxygen atoms in total. The van der Waals surface area contributed by atoms with Crippen molar-refractivity contribution < 1.29 is 22.7 Å². The number of rotatable bonds is 2. The van der Waals surface area contributed by atoms with E-state index in [0.29, 0.717) is 12.1 Å². The van der Waals surface area contributed by atoms with Gasteiger partial charge in [-0.25, -0.2) is 4.39 Å². The molecular weight excluding hydrogens is 331 g/mol. The summed E-state index contributed by atoms with van der Waals surface area (Å²) in [5.41, 5.74) is -1.27. The molecule has 0 radical (unpaired) electrons. The van der Waals surface area contributed by atoms with Gasteiger partial charge in [-0.1, -0.05) is 35.3 Å². The summed E-state index contributed by atoms with van der Waals surface area (Å²) >= 11 is 11.5. The first-order chi connectivity index (χ1) is 9.70. The van der Waals surface area contributed by atoms with Crippen molar-refractivity contribution >= 4 is 23.2 Å². The van der Waals surface area contributed by atoms with E-state index in [1.54, 1.807) is 0 Å². The lowest BCUT2D eigenvalue weighted by molar-refractivity contribution is -0.140. The van der Waals surface area contributed by atoms with Crippen molar-refractivity contribution in [2.45, 2.75) is 12.3 Å². The lowest BCUT2D eigenvalue weighted by Gasteiger charge is -2.15. The van der Waals surface area contributed by atoms with Crippen molar-refractivity contribution in [1.82, 2.24) is 0 Å². The third kappa shape index (κ3) is 3.48. The van der Waals surface area contributed by atoms with Crippen LogP contribution in [0.25, 0.3) is 0 Å². The van der Waals surface area contributed by atoms with Crippen LogP contribution in [0.1, 0.15) is 22.8 Å². The van der Waals surface area contributed by atoms with Gasteiger partial charge in [0, 0.05) is 0 Å². The number of benzene rings is 2. The van der Waals surface area contributed by atoms with Crippen LogP contribution in [0.15, 0.2) is 36.4 Å². The molecule has 0 saturated carbocycles. The molecule has 0 aromatic heterocycles. The Labute approximate surface area is 127 Å². The Balaban J connectivity index is 2.44. The van der Waals surface area contributed by atoms with Gasteiger partial charge in [-0.05, 0) is 35.4 Å². The lowest BCUT2D eigenvalue weighted by Crippen LogP contribution is -2.10. The van der Waals surface area contributed by atoms with Gasteiger partial charge in [0.25, 0.3) is 0 Å². The van der Waals surface area contributed by atoms with Crippen molar-refractivity contribution in [2.24, 2.45) is 0 Å². The highest BCUT2D eigenvalue weighted by Gasteiger charge is 2.34. The van der Waals surface area contributed by atoms with Gasteiger partial charge >= 0.3 is 6.18 Å². The number of hydrogen-bond acceptors (Lipinski definition) is 1. The van der Waals surface area contributed by atoms with Gasteiger partial charge in [-0.3, -0.25) is 0 Å².